The van der Waals surface area contributed by atoms with Crippen LogP contribution in [0.1, 0.15) is 22.6 Å². The summed E-state index contributed by atoms with van der Waals surface area (Å²) in [4.78, 5) is 0. The molecule has 0 saturated carbocycles. The number of hydrogen-bond donors (Lipinski definition) is 0. The Morgan fingerprint density at radius 1 is 0.250 bits per heavy atom. The lowest BCUT2D eigenvalue weighted by molar-refractivity contribution is 0.673. The quantitative estimate of drug-likeness (QED) is 0.140. The lowest BCUT2D eigenvalue weighted by Gasteiger charge is -2.20. The number of rotatable bonds is 8. The smallest absolute Gasteiger partial charge is 0.143 e. The Kier molecular flexibility index (Phi) is 8.98. The van der Waals surface area contributed by atoms with Gasteiger partial charge in [-0.25, -0.2) is 0 Å². The van der Waals surface area contributed by atoms with E-state index >= 15 is 0 Å². The van der Waals surface area contributed by atoms with Crippen molar-refractivity contribution in [3.63, 3.8) is 0 Å². The van der Waals surface area contributed by atoms with Gasteiger partial charge in [0.2, 0.25) is 0 Å². The van der Waals surface area contributed by atoms with Crippen LogP contribution in [-0.4, -0.2) is 0 Å². The molecule has 0 aliphatic carbocycles. The first-order valence-corrected chi connectivity index (χ1v) is 20.7. The van der Waals surface area contributed by atoms with Crippen LogP contribution in [0.5, 0.6) is 0 Å². The van der Waals surface area contributed by atoms with Gasteiger partial charge in [-0.1, -0.05) is 218 Å². The third-order valence-electron chi connectivity index (χ3n) is 12.1. The molecule has 0 amide bonds. The number of benzene rings is 10. The Hall–Kier alpha value is -7.74. The van der Waals surface area contributed by atoms with Gasteiger partial charge >= 0.3 is 0 Å². The zero-order chi connectivity index (χ0) is 39.8. The molecule has 11 aromatic rings. The maximum Gasteiger partial charge on any atom is 0.143 e. The third-order valence-corrected chi connectivity index (χ3v) is 12.1. The maximum atomic E-state index is 6.54. The largest absolute Gasteiger partial charge is 0.455 e. The fourth-order valence-corrected chi connectivity index (χ4v) is 8.84. The molecule has 1 heteroatoms. The van der Waals surface area contributed by atoms with E-state index in [0.717, 1.165) is 38.5 Å². The van der Waals surface area contributed by atoms with Crippen LogP contribution in [0.25, 0.3) is 88.3 Å². The molecule has 10 aromatic carbocycles. The molecule has 1 aromatic heterocycles. The van der Waals surface area contributed by atoms with Gasteiger partial charge in [0.15, 0.2) is 0 Å². The highest BCUT2D eigenvalue weighted by atomic mass is 16.3. The maximum absolute atomic E-state index is 6.54. The van der Waals surface area contributed by atoms with Crippen molar-refractivity contribution in [1.29, 1.82) is 0 Å². The second-order valence-corrected chi connectivity index (χ2v) is 15.7. The fourth-order valence-electron chi connectivity index (χ4n) is 8.84. The van der Waals surface area contributed by atoms with Gasteiger partial charge in [0.1, 0.15) is 11.2 Å². The summed E-state index contributed by atoms with van der Waals surface area (Å²) in [6, 6.07) is 85.6. The van der Waals surface area contributed by atoms with E-state index in [2.05, 4.69) is 237 Å². The highest BCUT2D eigenvalue weighted by molar-refractivity contribution is 6.15. The average Bonchev–Trinajstić information content (AvgIpc) is 3.72. The van der Waals surface area contributed by atoms with Gasteiger partial charge < -0.3 is 4.42 Å². The molecule has 1 nitrogen and oxygen atoms in total. The second-order valence-electron chi connectivity index (χ2n) is 15.7. The van der Waals surface area contributed by atoms with E-state index in [1.807, 2.05) is 0 Å². The molecule has 0 bridgehead atoms. The van der Waals surface area contributed by atoms with Gasteiger partial charge in [-0.3, -0.25) is 0 Å². The molecule has 0 atom stereocenters. The van der Waals surface area contributed by atoms with Crippen molar-refractivity contribution in [2.75, 3.05) is 0 Å². The molecule has 1 heterocycles. The van der Waals surface area contributed by atoms with Crippen molar-refractivity contribution < 1.29 is 4.42 Å². The first kappa shape index (κ1) is 35.4. The number of fused-ring (bicyclic) bond motifs is 5. The Morgan fingerprint density at radius 2 is 0.600 bits per heavy atom. The average molecular weight is 765 g/mol. The van der Waals surface area contributed by atoms with E-state index in [-0.39, 0.29) is 5.92 Å². The zero-order valence-corrected chi connectivity index (χ0v) is 33.0. The highest BCUT2D eigenvalue weighted by Crippen LogP contribution is 2.39. The fraction of sp³-hybridized carbons (Fsp3) is 0.0169. The standard InChI is InChI=1S/C59H40O/c1-3-9-40(10-4-1)42-15-19-44(20-16-42)46-23-29-50(30-24-46)58(51-31-25-47(26-32-51)45-21-17-43(18-22-45)41-11-5-2-6-12-41)52-33-27-48(28-34-52)53-36-37-55-56-38-35-49-13-7-8-14-54(49)59(56)60-57(55)39-53/h1-39,58H. The molecular weight excluding hydrogens is 725 g/mol. The Labute approximate surface area is 350 Å². The predicted octanol–water partition coefficient (Wildman–Crippen LogP) is 16.3. The number of furan rings is 1. The van der Waals surface area contributed by atoms with Crippen molar-refractivity contribution >= 4 is 32.7 Å². The van der Waals surface area contributed by atoms with Gasteiger partial charge in [-0.05, 0) is 95.9 Å². The van der Waals surface area contributed by atoms with E-state index < -0.39 is 0 Å². The second kappa shape index (κ2) is 15.2. The van der Waals surface area contributed by atoms with Crippen molar-refractivity contribution in [2.45, 2.75) is 5.92 Å². The molecule has 60 heavy (non-hydrogen) atoms. The molecule has 11 rings (SSSR count). The molecular formula is C59H40O. The van der Waals surface area contributed by atoms with E-state index in [1.54, 1.807) is 0 Å². The van der Waals surface area contributed by atoms with Gasteiger partial charge in [0.05, 0.1) is 0 Å². The zero-order valence-electron chi connectivity index (χ0n) is 33.0. The minimum absolute atomic E-state index is 0.0502. The summed E-state index contributed by atoms with van der Waals surface area (Å²) in [5.74, 6) is 0.0502. The molecule has 0 saturated heterocycles. The normalized spacial score (nSPS) is 11.5. The molecule has 0 unspecified atom stereocenters. The number of hydrogen-bond acceptors (Lipinski definition) is 1. The van der Waals surface area contributed by atoms with Gasteiger partial charge in [0, 0.05) is 22.1 Å². The molecule has 0 spiro atoms. The van der Waals surface area contributed by atoms with E-state index in [1.165, 1.54) is 66.6 Å². The first-order chi connectivity index (χ1) is 29.7. The Balaban J connectivity index is 0.924. The highest BCUT2D eigenvalue weighted by Gasteiger charge is 2.19. The molecule has 0 N–H and O–H groups in total. The third kappa shape index (κ3) is 6.67. The van der Waals surface area contributed by atoms with Crippen LogP contribution in [-0.2, 0) is 0 Å². The summed E-state index contributed by atoms with van der Waals surface area (Å²) in [6.45, 7) is 0. The van der Waals surface area contributed by atoms with Crippen molar-refractivity contribution in [3.05, 3.63) is 253 Å². The van der Waals surface area contributed by atoms with Crippen LogP contribution in [0.4, 0.5) is 0 Å². The summed E-state index contributed by atoms with van der Waals surface area (Å²) in [6.07, 6.45) is 0. The van der Waals surface area contributed by atoms with Crippen LogP contribution in [0.2, 0.25) is 0 Å². The van der Waals surface area contributed by atoms with Crippen LogP contribution >= 0.6 is 0 Å². The van der Waals surface area contributed by atoms with Crippen molar-refractivity contribution in [2.24, 2.45) is 0 Å². The van der Waals surface area contributed by atoms with E-state index in [9.17, 15) is 0 Å². The van der Waals surface area contributed by atoms with Gasteiger partial charge in [-0.15, -0.1) is 0 Å². The summed E-state index contributed by atoms with van der Waals surface area (Å²) in [5.41, 5.74) is 17.6. The topological polar surface area (TPSA) is 13.1 Å². The van der Waals surface area contributed by atoms with Gasteiger partial charge in [-0.2, -0.15) is 0 Å². The van der Waals surface area contributed by atoms with E-state index in [4.69, 9.17) is 4.42 Å². The molecule has 0 aliphatic rings. The Bertz CT molecular complexity index is 3110. The molecule has 0 fully saturated rings. The van der Waals surface area contributed by atoms with E-state index in [0.29, 0.717) is 0 Å². The van der Waals surface area contributed by atoms with Crippen LogP contribution in [0.15, 0.2) is 241 Å². The monoisotopic (exact) mass is 764 g/mol. The molecule has 282 valence electrons. The summed E-state index contributed by atoms with van der Waals surface area (Å²) in [5, 5.41) is 4.63. The lowest BCUT2D eigenvalue weighted by atomic mass is 9.83. The summed E-state index contributed by atoms with van der Waals surface area (Å²) < 4.78 is 6.54. The Morgan fingerprint density at radius 3 is 1.07 bits per heavy atom. The van der Waals surface area contributed by atoms with Crippen molar-refractivity contribution in [1.82, 2.24) is 0 Å². The van der Waals surface area contributed by atoms with Crippen LogP contribution in [0.3, 0.4) is 0 Å². The SMILES string of the molecule is c1ccc(-c2ccc(-c3ccc(C(c4ccc(-c5ccc(-c6ccccc6)cc5)cc4)c4ccc(-c5ccc6c(c5)oc5c7ccccc7ccc65)cc4)cc3)cc2)cc1. The first-order valence-electron chi connectivity index (χ1n) is 20.7. The van der Waals surface area contributed by atoms with Crippen LogP contribution in [0, 0.1) is 0 Å². The molecule has 0 radical (unpaired) electrons. The summed E-state index contributed by atoms with van der Waals surface area (Å²) >= 11 is 0. The summed E-state index contributed by atoms with van der Waals surface area (Å²) in [7, 11) is 0. The molecule has 0 aliphatic heterocycles. The lowest BCUT2D eigenvalue weighted by Crippen LogP contribution is -2.03. The van der Waals surface area contributed by atoms with Gasteiger partial charge in [0.25, 0.3) is 0 Å². The van der Waals surface area contributed by atoms with Crippen LogP contribution < -0.4 is 0 Å². The minimum Gasteiger partial charge on any atom is -0.455 e. The minimum atomic E-state index is 0.0502. The predicted molar refractivity (Wildman–Crippen MR) is 252 cm³/mol. The van der Waals surface area contributed by atoms with Crippen molar-refractivity contribution in [3.8, 4) is 55.6 Å².